The molecule has 0 bridgehead atoms. The lowest BCUT2D eigenvalue weighted by atomic mass is 9.70. The van der Waals surface area contributed by atoms with Crippen molar-refractivity contribution < 1.29 is 9.47 Å². The van der Waals surface area contributed by atoms with E-state index >= 15 is 0 Å². The van der Waals surface area contributed by atoms with Gasteiger partial charge in [0.1, 0.15) is 0 Å². The highest BCUT2D eigenvalue weighted by atomic mass is 16.6. The highest BCUT2D eigenvalue weighted by molar-refractivity contribution is 5.96. The summed E-state index contributed by atoms with van der Waals surface area (Å²) in [4.78, 5) is 2.31. The van der Waals surface area contributed by atoms with E-state index in [0.29, 0.717) is 17.2 Å². The summed E-state index contributed by atoms with van der Waals surface area (Å²) in [6.07, 6.45) is 6.65. The Kier molecular flexibility index (Phi) is 6.67. The van der Waals surface area contributed by atoms with Crippen LogP contribution in [0.3, 0.4) is 0 Å². The second kappa shape index (κ2) is 11.9. The molecule has 0 aromatic heterocycles. The fourth-order valence-electron chi connectivity index (χ4n) is 9.79. The molecule has 0 atom stereocenters. The highest BCUT2D eigenvalue weighted by Gasteiger charge is 2.52. The Balaban J connectivity index is 1.03. The van der Waals surface area contributed by atoms with Crippen molar-refractivity contribution in [2.24, 2.45) is 0 Å². The number of benzene rings is 8. The van der Waals surface area contributed by atoms with Crippen molar-refractivity contribution in [2.75, 3.05) is 4.90 Å². The van der Waals surface area contributed by atoms with Gasteiger partial charge in [0.2, 0.25) is 0 Å². The Hall–Kier alpha value is -7.10. The van der Waals surface area contributed by atoms with Crippen LogP contribution >= 0.6 is 0 Å². The quantitative estimate of drug-likeness (QED) is 0.181. The lowest BCUT2D eigenvalue weighted by Gasteiger charge is -2.32. The highest BCUT2D eigenvalue weighted by Crippen LogP contribution is 2.65. The smallest absolute Gasteiger partial charge is 0.194 e. The van der Waals surface area contributed by atoms with Gasteiger partial charge >= 0.3 is 0 Å². The number of allylic oxidation sites excluding steroid dienone is 1. The summed E-state index contributed by atoms with van der Waals surface area (Å²) in [5.41, 5.74) is 17.6. The van der Waals surface area contributed by atoms with E-state index in [4.69, 9.17) is 9.47 Å². The van der Waals surface area contributed by atoms with Gasteiger partial charge in [-0.3, -0.25) is 0 Å². The van der Waals surface area contributed by atoms with Gasteiger partial charge in [-0.1, -0.05) is 140 Å². The lowest BCUT2D eigenvalue weighted by molar-refractivity contribution is 0.360. The second-order valence-electron chi connectivity index (χ2n) is 15.1. The molecule has 0 N–H and O–H groups in total. The van der Waals surface area contributed by atoms with Gasteiger partial charge in [0.25, 0.3) is 0 Å². The molecule has 1 heterocycles. The molecular weight excluding hydrogens is 683 g/mol. The van der Waals surface area contributed by atoms with Crippen molar-refractivity contribution in [3.8, 4) is 56.4 Å². The van der Waals surface area contributed by atoms with Crippen molar-refractivity contribution in [2.45, 2.75) is 18.3 Å². The molecule has 4 aliphatic rings. The van der Waals surface area contributed by atoms with Gasteiger partial charge in [-0.2, -0.15) is 0 Å². The first-order valence-electron chi connectivity index (χ1n) is 19.5. The van der Waals surface area contributed by atoms with E-state index in [1.807, 2.05) is 6.07 Å². The molecule has 0 saturated heterocycles. The predicted octanol–water partition coefficient (Wildman–Crippen LogP) is 14.0. The minimum absolute atomic E-state index is 0.457. The molecule has 1 spiro atoms. The summed E-state index contributed by atoms with van der Waals surface area (Å²) in [7, 11) is 0. The van der Waals surface area contributed by atoms with Crippen LogP contribution in [0, 0.1) is 0 Å². The third-order valence-corrected chi connectivity index (χ3v) is 12.2. The molecule has 1 aliphatic heterocycles. The van der Waals surface area contributed by atoms with Crippen LogP contribution in [-0.2, 0) is 11.8 Å². The van der Waals surface area contributed by atoms with Crippen LogP contribution in [0.15, 0.2) is 182 Å². The van der Waals surface area contributed by atoms with Gasteiger partial charge in [0, 0.05) is 11.4 Å². The number of fused-ring (bicyclic) bond motifs is 13. The molecule has 0 amide bonds. The number of ether oxygens (including phenoxy) is 2. The lowest BCUT2D eigenvalue weighted by Crippen LogP contribution is -2.25. The SMILES string of the molecule is C1=Cc2cc(N(c3cccc(-c4ccccc4)c3)c3cccc4c3Oc3cc5c(cc3O4)C3(c4ccccc4-c4ccccc43)c3ccccc3-5)ccc2CC1. The van der Waals surface area contributed by atoms with E-state index in [2.05, 4.69) is 187 Å². The molecule has 0 unspecified atom stereocenters. The zero-order valence-electron chi connectivity index (χ0n) is 30.6. The Morgan fingerprint density at radius 2 is 1.09 bits per heavy atom. The van der Waals surface area contributed by atoms with Crippen molar-refractivity contribution in [3.63, 3.8) is 0 Å². The number of aryl methyl sites for hydroxylation is 1. The molecule has 0 radical (unpaired) electrons. The van der Waals surface area contributed by atoms with Gasteiger partial charge < -0.3 is 14.4 Å². The maximum Gasteiger partial charge on any atom is 0.194 e. The monoisotopic (exact) mass is 717 g/mol. The molecule has 0 saturated carbocycles. The zero-order valence-corrected chi connectivity index (χ0v) is 30.6. The van der Waals surface area contributed by atoms with Crippen molar-refractivity contribution >= 4 is 23.1 Å². The van der Waals surface area contributed by atoms with Crippen molar-refractivity contribution in [3.05, 3.63) is 215 Å². The average Bonchev–Trinajstić information content (AvgIpc) is 3.72. The molecule has 264 valence electrons. The molecule has 12 rings (SSSR count). The van der Waals surface area contributed by atoms with Crippen LogP contribution < -0.4 is 14.4 Å². The summed E-state index contributed by atoms with van der Waals surface area (Å²) in [6, 6.07) is 63.5. The van der Waals surface area contributed by atoms with E-state index in [0.717, 1.165) is 41.2 Å². The van der Waals surface area contributed by atoms with Gasteiger partial charge in [-0.25, -0.2) is 0 Å². The van der Waals surface area contributed by atoms with Crippen molar-refractivity contribution in [1.82, 2.24) is 0 Å². The van der Waals surface area contributed by atoms with Gasteiger partial charge in [-0.05, 0) is 128 Å². The number of hydrogen-bond donors (Lipinski definition) is 0. The third kappa shape index (κ3) is 4.40. The minimum Gasteiger partial charge on any atom is -0.449 e. The van der Waals surface area contributed by atoms with Crippen LogP contribution in [-0.4, -0.2) is 0 Å². The molecule has 8 aromatic rings. The molecular formula is C53H35NO2. The standard InChI is InChI=1S/C53H35NO2/c1-2-14-34(15-3-1)37-18-12-19-38(30-37)54(39-29-28-35-16-4-5-17-36(35)31-39)48-26-13-27-49-52(48)56-50-32-43-42-22-8-11-25-46(42)53(47(43)33-51(50)55-49)44-23-9-6-20-40(44)41-21-7-10-24-45(41)53/h1-3,5-15,17-33H,4,16H2. The fraction of sp³-hybridized carbons (Fsp3) is 0.0566. The normalized spacial score (nSPS) is 14.3. The van der Waals surface area contributed by atoms with Crippen LogP contribution in [0.4, 0.5) is 17.1 Å². The van der Waals surface area contributed by atoms with E-state index in [1.165, 1.54) is 61.2 Å². The van der Waals surface area contributed by atoms with Gasteiger partial charge in [0.15, 0.2) is 23.0 Å². The molecule has 3 aliphatic carbocycles. The summed E-state index contributed by atoms with van der Waals surface area (Å²) < 4.78 is 14.1. The average molecular weight is 718 g/mol. The second-order valence-corrected chi connectivity index (χ2v) is 15.1. The van der Waals surface area contributed by atoms with Gasteiger partial charge in [-0.15, -0.1) is 0 Å². The van der Waals surface area contributed by atoms with E-state index < -0.39 is 5.41 Å². The van der Waals surface area contributed by atoms with E-state index in [1.54, 1.807) is 0 Å². The van der Waals surface area contributed by atoms with Crippen molar-refractivity contribution in [1.29, 1.82) is 0 Å². The van der Waals surface area contributed by atoms with Crippen LogP contribution in [0.2, 0.25) is 0 Å². The zero-order chi connectivity index (χ0) is 36.8. The molecule has 8 aromatic carbocycles. The topological polar surface area (TPSA) is 21.7 Å². The first-order chi connectivity index (χ1) is 27.8. The summed E-state index contributed by atoms with van der Waals surface area (Å²) >= 11 is 0. The van der Waals surface area contributed by atoms with Crippen LogP contribution in [0.5, 0.6) is 23.0 Å². The number of rotatable bonds is 4. The third-order valence-electron chi connectivity index (χ3n) is 12.2. The Bertz CT molecular complexity index is 2900. The maximum absolute atomic E-state index is 7.11. The first-order valence-corrected chi connectivity index (χ1v) is 19.5. The predicted molar refractivity (Wildman–Crippen MR) is 227 cm³/mol. The molecule has 3 heteroatoms. The minimum atomic E-state index is -0.457. The molecule has 0 fully saturated rings. The Morgan fingerprint density at radius 1 is 0.446 bits per heavy atom. The number of hydrogen-bond acceptors (Lipinski definition) is 3. The summed E-state index contributed by atoms with van der Waals surface area (Å²) in [5.74, 6) is 2.81. The fourth-order valence-corrected chi connectivity index (χ4v) is 9.79. The number of para-hydroxylation sites is 1. The summed E-state index contributed by atoms with van der Waals surface area (Å²) in [6.45, 7) is 0. The Labute approximate surface area is 326 Å². The number of anilines is 3. The molecule has 56 heavy (non-hydrogen) atoms. The maximum atomic E-state index is 7.11. The summed E-state index contributed by atoms with van der Waals surface area (Å²) in [5, 5.41) is 0. The van der Waals surface area contributed by atoms with Gasteiger partial charge in [0.05, 0.1) is 11.1 Å². The van der Waals surface area contributed by atoms with E-state index in [9.17, 15) is 0 Å². The Morgan fingerprint density at radius 3 is 1.86 bits per heavy atom. The molecule has 3 nitrogen and oxygen atoms in total. The number of nitrogens with zero attached hydrogens (tertiary/aromatic N) is 1. The van der Waals surface area contributed by atoms with Crippen LogP contribution in [0.1, 0.15) is 39.8 Å². The first kappa shape index (κ1) is 31.3. The largest absolute Gasteiger partial charge is 0.449 e. The van der Waals surface area contributed by atoms with E-state index in [-0.39, 0.29) is 0 Å². The van der Waals surface area contributed by atoms with Crippen LogP contribution in [0.25, 0.3) is 39.5 Å².